The van der Waals surface area contributed by atoms with E-state index in [0.29, 0.717) is 17.2 Å². The minimum atomic E-state index is -0.532. The maximum atomic E-state index is 12.8. The molecule has 1 aliphatic carbocycles. The predicted octanol–water partition coefficient (Wildman–Crippen LogP) is 4.35. The zero-order chi connectivity index (χ0) is 24.9. The van der Waals surface area contributed by atoms with Gasteiger partial charge in [-0.2, -0.15) is 5.21 Å². The van der Waals surface area contributed by atoms with Gasteiger partial charge < -0.3 is 10.1 Å². The molecule has 0 fully saturated rings. The number of halogens is 1. The Morgan fingerprint density at radius 3 is 2.61 bits per heavy atom. The number of nitrogens with one attached hydrogen (secondary N) is 2. The number of benzene rings is 3. The van der Waals surface area contributed by atoms with Crippen molar-refractivity contribution in [2.75, 3.05) is 0 Å². The Kier molecular flexibility index (Phi) is 7.04. The smallest absolute Gasteiger partial charge is 0.313 e. The van der Waals surface area contributed by atoms with Gasteiger partial charge in [-0.3, -0.25) is 9.59 Å². The van der Waals surface area contributed by atoms with Gasteiger partial charge in [-0.05, 0) is 83.0 Å². The van der Waals surface area contributed by atoms with Crippen molar-refractivity contribution in [1.82, 2.24) is 25.9 Å². The Labute approximate surface area is 213 Å². The number of H-pyrrole nitrogens is 1. The van der Waals surface area contributed by atoms with Gasteiger partial charge in [0.1, 0.15) is 5.75 Å². The number of fused-ring (bicyclic) bond motifs is 1. The van der Waals surface area contributed by atoms with E-state index in [1.165, 1.54) is 11.1 Å². The van der Waals surface area contributed by atoms with Crippen molar-refractivity contribution in [3.05, 3.63) is 94.3 Å². The Balaban J connectivity index is 1.29. The molecule has 1 atom stereocenters. The lowest BCUT2D eigenvalue weighted by atomic mass is 9.99. The van der Waals surface area contributed by atoms with Crippen LogP contribution in [0.5, 0.6) is 5.75 Å². The molecule has 0 radical (unpaired) electrons. The number of carbonyl (C=O) groups excluding carboxylic acids is 2. The number of carbonyl (C=O) groups is 2. The molecule has 1 aromatic heterocycles. The summed E-state index contributed by atoms with van der Waals surface area (Å²) in [5.74, 6) is -0.519. The van der Waals surface area contributed by atoms with Crippen LogP contribution in [0.2, 0.25) is 5.02 Å². The summed E-state index contributed by atoms with van der Waals surface area (Å²) in [6.07, 6.45) is 3.57. The SMILES string of the molecule is O=C(CC(Cc1ccc(-c2cccc(Cl)c2)cc1)NC(=O)c1nn[nH]n1)Oc1ccc2c(c1)CCC2. The molecule has 0 saturated heterocycles. The van der Waals surface area contributed by atoms with Gasteiger partial charge in [0, 0.05) is 11.1 Å². The van der Waals surface area contributed by atoms with Crippen LogP contribution in [-0.2, 0) is 24.1 Å². The topological polar surface area (TPSA) is 110 Å². The Morgan fingerprint density at radius 1 is 1.00 bits per heavy atom. The number of esters is 1. The first-order valence-corrected chi connectivity index (χ1v) is 12.1. The highest BCUT2D eigenvalue weighted by atomic mass is 35.5. The molecule has 3 aromatic carbocycles. The molecule has 0 saturated carbocycles. The summed E-state index contributed by atoms with van der Waals surface area (Å²) in [7, 11) is 0. The van der Waals surface area contributed by atoms with Crippen molar-refractivity contribution in [3.63, 3.8) is 0 Å². The molecule has 1 heterocycles. The van der Waals surface area contributed by atoms with E-state index in [4.69, 9.17) is 16.3 Å². The van der Waals surface area contributed by atoms with Crippen LogP contribution in [0, 0.1) is 0 Å². The average molecular weight is 502 g/mol. The normalized spacial score (nSPS) is 13.1. The molecule has 1 aliphatic rings. The Hall–Kier alpha value is -4.04. The monoisotopic (exact) mass is 501 g/mol. The molecule has 5 rings (SSSR count). The van der Waals surface area contributed by atoms with Crippen molar-refractivity contribution < 1.29 is 14.3 Å². The molecule has 2 N–H and O–H groups in total. The van der Waals surface area contributed by atoms with E-state index in [-0.39, 0.29) is 12.2 Å². The summed E-state index contributed by atoms with van der Waals surface area (Å²) in [5.41, 5.74) is 5.51. The van der Waals surface area contributed by atoms with Gasteiger partial charge in [0.15, 0.2) is 0 Å². The van der Waals surface area contributed by atoms with E-state index in [2.05, 4.69) is 25.9 Å². The highest BCUT2D eigenvalue weighted by molar-refractivity contribution is 6.30. The third-order valence-corrected chi connectivity index (χ3v) is 6.43. The summed E-state index contributed by atoms with van der Waals surface area (Å²) >= 11 is 6.12. The molecule has 8 nitrogen and oxygen atoms in total. The molecule has 4 aromatic rings. The molecule has 0 spiro atoms. The summed E-state index contributed by atoms with van der Waals surface area (Å²) in [6.45, 7) is 0. The Morgan fingerprint density at radius 2 is 1.83 bits per heavy atom. The van der Waals surface area contributed by atoms with Crippen LogP contribution in [0.15, 0.2) is 66.7 Å². The number of nitrogens with zero attached hydrogens (tertiary/aromatic N) is 3. The third kappa shape index (κ3) is 5.78. The highest BCUT2D eigenvalue weighted by Crippen LogP contribution is 2.27. The number of hydrogen-bond acceptors (Lipinski definition) is 6. The summed E-state index contributed by atoms with van der Waals surface area (Å²) < 4.78 is 5.62. The van der Waals surface area contributed by atoms with E-state index >= 15 is 0 Å². The van der Waals surface area contributed by atoms with E-state index in [0.717, 1.165) is 36.0 Å². The van der Waals surface area contributed by atoms with E-state index in [1.807, 2.05) is 66.7 Å². The number of ether oxygens (including phenoxy) is 1. The van der Waals surface area contributed by atoms with Crippen LogP contribution in [0.4, 0.5) is 0 Å². The van der Waals surface area contributed by atoms with E-state index in [1.54, 1.807) is 0 Å². The lowest BCUT2D eigenvalue weighted by molar-refractivity contribution is -0.134. The van der Waals surface area contributed by atoms with Crippen molar-refractivity contribution in [3.8, 4) is 16.9 Å². The van der Waals surface area contributed by atoms with Crippen LogP contribution in [0.25, 0.3) is 11.1 Å². The fraction of sp³-hybridized carbons (Fsp3) is 0.222. The molecule has 1 unspecified atom stereocenters. The standard InChI is InChI=1S/C27H24ClN5O3/c28-22-6-2-5-20(14-22)19-9-7-17(8-10-19)13-23(29-27(35)26-30-32-33-31-26)16-25(34)36-24-12-11-18-3-1-4-21(18)15-24/h2,5-12,14-15,23H,1,3-4,13,16H2,(H,29,35)(H,30,31,32,33). The molecular formula is C27H24ClN5O3. The van der Waals surface area contributed by atoms with Crippen LogP contribution in [0.3, 0.4) is 0 Å². The molecule has 9 heteroatoms. The zero-order valence-corrected chi connectivity index (χ0v) is 20.2. The van der Waals surface area contributed by atoms with Crippen LogP contribution in [0.1, 0.15) is 40.2 Å². The largest absolute Gasteiger partial charge is 0.426 e. The van der Waals surface area contributed by atoms with Crippen LogP contribution < -0.4 is 10.1 Å². The van der Waals surface area contributed by atoms with Crippen molar-refractivity contribution >= 4 is 23.5 Å². The fourth-order valence-corrected chi connectivity index (χ4v) is 4.64. The van der Waals surface area contributed by atoms with Crippen molar-refractivity contribution in [1.29, 1.82) is 0 Å². The second kappa shape index (κ2) is 10.7. The number of tetrazole rings is 1. The molecule has 1 amide bonds. The average Bonchev–Trinajstić information content (AvgIpc) is 3.57. The fourth-order valence-electron chi connectivity index (χ4n) is 4.45. The quantitative estimate of drug-likeness (QED) is 0.274. The molecular weight excluding hydrogens is 478 g/mol. The summed E-state index contributed by atoms with van der Waals surface area (Å²) in [4.78, 5) is 25.4. The van der Waals surface area contributed by atoms with Gasteiger partial charge >= 0.3 is 5.97 Å². The first-order chi connectivity index (χ1) is 17.5. The zero-order valence-electron chi connectivity index (χ0n) is 19.4. The number of amides is 1. The van der Waals surface area contributed by atoms with Crippen LogP contribution in [-0.4, -0.2) is 38.5 Å². The van der Waals surface area contributed by atoms with Gasteiger partial charge in [0.05, 0.1) is 6.42 Å². The number of aromatic amines is 1. The minimum absolute atomic E-state index is 0.0171. The maximum Gasteiger partial charge on any atom is 0.313 e. The van der Waals surface area contributed by atoms with Crippen molar-refractivity contribution in [2.45, 2.75) is 38.1 Å². The van der Waals surface area contributed by atoms with Gasteiger partial charge in [-0.25, -0.2) is 0 Å². The molecule has 36 heavy (non-hydrogen) atoms. The molecule has 0 bridgehead atoms. The van der Waals surface area contributed by atoms with Gasteiger partial charge in [0.2, 0.25) is 0 Å². The number of hydrogen-bond donors (Lipinski definition) is 2. The number of rotatable bonds is 8. The second-order valence-corrected chi connectivity index (χ2v) is 9.22. The highest BCUT2D eigenvalue weighted by Gasteiger charge is 2.22. The van der Waals surface area contributed by atoms with E-state index in [9.17, 15) is 9.59 Å². The van der Waals surface area contributed by atoms with Crippen molar-refractivity contribution in [2.24, 2.45) is 0 Å². The second-order valence-electron chi connectivity index (χ2n) is 8.78. The first-order valence-electron chi connectivity index (χ1n) is 11.8. The van der Waals surface area contributed by atoms with Crippen LogP contribution >= 0.6 is 11.6 Å². The van der Waals surface area contributed by atoms with E-state index < -0.39 is 17.9 Å². The van der Waals surface area contributed by atoms with Gasteiger partial charge in [0.25, 0.3) is 11.7 Å². The maximum absolute atomic E-state index is 12.8. The minimum Gasteiger partial charge on any atom is -0.426 e. The number of aryl methyl sites for hydroxylation is 2. The lowest BCUT2D eigenvalue weighted by Gasteiger charge is -2.18. The van der Waals surface area contributed by atoms with Gasteiger partial charge in [-0.15, -0.1) is 10.2 Å². The first kappa shape index (κ1) is 23.7. The Bertz CT molecular complexity index is 1370. The third-order valence-electron chi connectivity index (χ3n) is 6.19. The lowest BCUT2D eigenvalue weighted by Crippen LogP contribution is -2.39. The van der Waals surface area contributed by atoms with Gasteiger partial charge in [-0.1, -0.05) is 54.1 Å². The number of aromatic nitrogens is 4. The molecule has 0 aliphatic heterocycles. The summed E-state index contributed by atoms with van der Waals surface area (Å²) in [5, 5.41) is 16.6. The predicted molar refractivity (Wildman–Crippen MR) is 135 cm³/mol. The summed E-state index contributed by atoms with van der Waals surface area (Å²) in [6, 6.07) is 20.8. The molecule has 182 valence electrons.